The van der Waals surface area contributed by atoms with E-state index in [1.165, 1.54) is 0 Å². The topological polar surface area (TPSA) is 58.6 Å². The van der Waals surface area contributed by atoms with Gasteiger partial charge in [-0.2, -0.15) is 0 Å². The fourth-order valence-corrected chi connectivity index (χ4v) is 3.54. The predicted molar refractivity (Wildman–Crippen MR) is 99.9 cm³/mol. The highest BCUT2D eigenvalue weighted by molar-refractivity contribution is 5.81. The van der Waals surface area contributed by atoms with Gasteiger partial charge in [-0.25, -0.2) is 9.97 Å². The van der Waals surface area contributed by atoms with Crippen molar-refractivity contribution in [3.05, 3.63) is 42.6 Å². The first-order valence-corrected chi connectivity index (χ1v) is 9.35. The number of ether oxygens (including phenoxy) is 1. The summed E-state index contributed by atoms with van der Waals surface area (Å²) in [6, 6.07) is 12.0. The van der Waals surface area contributed by atoms with E-state index >= 15 is 0 Å². The van der Waals surface area contributed by atoms with Gasteiger partial charge < -0.3 is 14.5 Å². The average Bonchev–Trinajstić information content (AvgIpc) is 2.75. The highest BCUT2D eigenvalue weighted by Crippen LogP contribution is 2.20. The Morgan fingerprint density at radius 3 is 2.58 bits per heavy atom. The summed E-state index contributed by atoms with van der Waals surface area (Å²) in [5, 5.41) is 0. The fraction of sp³-hybridized carbons (Fsp3) is 0.450. The molecule has 136 valence electrons. The largest absolute Gasteiger partial charge is 0.368 e. The number of hydrogen-bond acceptors (Lipinski definition) is 5. The van der Waals surface area contributed by atoms with Gasteiger partial charge in [-0.15, -0.1) is 0 Å². The van der Waals surface area contributed by atoms with Crippen molar-refractivity contribution in [1.29, 1.82) is 0 Å². The van der Waals surface area contributed by atoms with Gasteiger partial charge in [0, 0.05) is 44.5 Å². The van der Waals surface area contributed by atoms with Gasteiger partial charge in [-0.05, 0) is 25.3 Å². The van der Waals surface area contributed by atoms with E-state index in [1.54, 1.807) is 6.20 Å². The molecule has 0 saturated carbocycles. The third kappa shape index (κ3) is 3.70. The van der Waals surface area contributed by atoms with Gasteiger partial charge in [-0.3, -0.25) is 4.79 Å². The lowest BCUT2D eigenvalue weighted by atomic mass is 10.1. The summed E-state index contributed by atoms with van der Waals surface area (Å²) < 4.78 is 5.64. The number of benzene rings is 1. The first-order valence-electron chi connectivity index (χ1n) is 9.35. The Balaban J connectivity index is 1.39. The summed E-state index contributed by atoms with van der Waals surface area (Å²) >= 11 is 0. The first kappa shape index (κ1) is 17.0. The van der Waals surface area contributed by atoms with Crippen molar-refractivity contribution in [3.63, 3.8) is 0 Å². The van der Waals surface area contributed by atoms with E-state index in [1.807, 2.05) is 41.3 Å². The molecule has 2 saturated heterocycles. The van der Waals surface area contributed by atoms with E-state index in [-0.39, 0.29) is 12.0 Å². The number of carbonyl (C=O) groups is 1. The summed E-state index contributed by atoms with van der Waals surface area (Å²) in [5.41, 5.74) is 2.00. The SMILES string of the molecule is O=C([C@@H]1CCCCO1)N1CCN(c2nccc(-c3ccccc3)n2)CC1. The molecule has 0 aliphatic carbocycles. The van der Waals surface area contributed by atoms with Crippen LogP contribution in [0.2, 0.25) is 0 Å². The number of carbonyl (C=O) groups excluding carboxylic acids is 1. The molecule has 0 bridgehead atoms. The molecule has 26 heavy (non-hydrogen) atoms. The lowest BCUT2D eigenvalue weighted by Crippen LogP contribution is -2.52. The molecule has 2 aliphatic rings. The maximum absolute atomic E-state index is 12.6. The van der Waals surface area contributed by atoms with Crippen LogP contribution >= 0.6 is 0 Å². The lowest BCUT2D eigenvalue weighted by molar-refractivity contribution is -0.146. The molecule has 6 heteroatoms. The molecule has 0 spiro atoms. The number of piperazine rings is 1. The van der Waals surface area contributed by atoms with E-state index in [2.05, 4.69) is 9.88 Å². The van der Waals surface area contributed by atoms with Gasteiger partial charge in [0.1, 0.15) is 6.10 Å². The summed E-state index contributed by atoms with van der Waals surface area (Å²) in [4.78, 5) is 25.8. The Hall–Kier alpha value is -2.47. The van der Waals surface area contributed by atoms with Gasteiger partial charge in [0.15, 0.2) is 0 Å². The van der Waals surface area contributed by atoms with Crippen molar-refractivity contribution in [2.45, 2.75) is 25.4 Å². The second kappa shape index (κ2) is 7.83. The molecule has 6 nitrogen and oxygen atoms in total. The van der Waals surface area contributed by atoms with E-state index in [9.17, 15) is 4.79 Å². The van der Waals surface area contributed by atoms with Crippen molar-refractivity contribution in [1.82, 2.24) is 14.9 Å². The van der Waals surface area contributed by atoms with Crippen LogP contribution in [0.25, 0.3) is 11.3 Å². The van der Waals surface area contributed by atoms with E-state index < -0.39 is 0 Å². The van der Waals surface area contributed by atoms with Gasteiger partial charge in [-0.1, -0.05) is 30.3 Å². The molecule has 0 N–H and O–H groups in total. The van der Waals surface area contributed by atoms with Crippen LogP contribution in [-0.4, -0.2) is 59.7 Å². The summed E-state index contributed by atoms with van der Waals surface area (Å²) in [6.45, 7) is 3.58. The molecule has 2 aromatic rings. The first-order chi connectivity index (χ1) is 12.8. The standard InChI is InChI=1S/C20H24N4O2/c25-19(18-8-4-5-15-26-18)23-11-13-24(14-12-23)20-21-10-9-17(22-20)16-6-2-1-3-7-16/h1-3,6-7,9-10,18H,4-5,8,11-15H2/t18-/m0/s1. The van der Waals surface area contributed by atoms with Crippen molar-refractivity contribution >= 4 is 11.9 Å². The zero-order valence-electron chi connectivity index (χ0n) is 14.9. The second-order valence-electron chi connectivity index (χ2n) is 6.78. The van der Waals surface area contributed by atoms with Crippen LogP contribution in [0, 0.1) is 0 Å². The lowest BCUT2D eigenvalue weighted by Gasteiger charge is -2.37. The highest BCUT2D eigenvalue weighted by atomic mass is 16.5. The summed E-state index contributed by atoms with van der Waals surface area (Å²) in [6.07, 6.45) is 4.55. The Bertz CT molecular complexity index is 738. The molecular weight excluding hydrogens is 328 g/mol. The number of anilines is 1. The van der Waals surface area contributed by atoms with Crippen LogP contribution < -0.4 is 4.90 Å². The van der Waals surface area contributed by atoms with Gasteiger partial charge in [0.2, 0.25) is 5.95 Å². The minimum absolute atomic E-state index is 0.142. The van der Waals surface area contributed by atoms with Crippen LogP contribution in [0.4, 0.5) is 5.95 Å². The van der Waals surface area contributed by atoms with Crippen LogP contribution in [0.1, 0.15) is 19.3 Å². The number of aromatic nitrogens is 2. The zero-order valence-corrected chi connectivity index (χ0v) is 14.9. The molecule has 1 amide bonds. The van der Waals surface area contributed by atoms with Gasteiger partial charge in [0.25, 0.3) is 5.91 Å². The van der Waals surface area contributed by atoms with Crippen molar-refractivity contribution in [2.75, 3.05) is 37.7 Å². The van der Waals surface area contributed by atoms with Crippen LogP contribution in [0.15, 0.2) is 42.6 Å². The predicted octanol–water partition coefficient (Wildman–Crippen LogP) is 2.36. The summed E-state index contributed by atoms with van der Waals surface area (Å²) in [5.74, 6) is 0.871. The molecule has 2 aliphatic heterocycles. The number of amides is 1. The number of rotatable bonds is 3. The third-order valence-electron chi connectivity index (χ3n) is 5.04. The monoisotopic (exact) mass is 352 g/mol. The Kier molecular flexibility index (Phi) is 5.11. The molecule has 0 radical (unpaired) electrons. The zero-order chi connectivity index (χ0) is 17.8. The maximum atomic E-state index is 12.6. The average molecular weight is 352 g/mol. The van der Waals surface area contributed by atoms with Gasteiger partial charge >= 0.3 is 0 Å². The Morgan fingerprint density at radius 2 is 1.85 bits per heavy atom. The fourth-order valence-electron chi connectivity index (χ4n) is 3.54. The molecule has 1 atom stereocenters. The molecule has 2 fully saturated rings. The van der Waals surface area contributed by atoms with E-state index in [4.69, 9.17) is 9.72 Å². The van der Waals surface area contributed by atoms with Crippen molar-refractivity contribution < 1.29 is 9.53 Å². The molecule has 1 aromatic heterocycles. The summed E-state index contributed by atoms with van der Waals surface area (Å²) in [7, 11) is 0. The highest BCUT2D eigenvalue weighted by Gasteiger charge is 2.29. The van der Waals surface area contributed by atoms with Crippen LogP contribution in [0.5, 0.6) is 0 Å². The number of nitrogens with zero attached hydrogens (tertiary/aromatic N) is 4. The van der Waals surface area contributed by atoms with Crippen LogP contribution in [0.3, 0.4) is 0 Å². The normalized spacial score (nSPS) is 20.8. The van der Waals surface area contributed by atoms with E-state index in [0.29, 0.717) is 19.7 Å². The Labute approximate surface area is 153 Å². The van der Waals surface area contributed by atoms with Crippen LogP contribution in [-0.2, 0) is 9.53 Å². The molecule has 4 rings (SSSR count). The third-order valence-corrected chi connectivity index (χ3v) is 5.04. The minimum atomic E-state index is -0.243. The van der Waals surface area contributed by atoms with Gasteiger partial charge in [0.05, 0.1) is 5.69 Å². The Morgan fingerprint density at radius 1 is 1.04 bits per heavy atom. The van der Waals surface area contributed by atoms with E-state index in [0.717, 1.165) is 49.6 Å². The van der Waals surface area contributed by atoms with Crippen molar-refractivity contribution in [2.24, 2.45) is 0 Å². The molecule has 3 heterocycles. The minimum Gasteiger partial charge on any atom is -0.368 e. The van der Waals surface area contributed by atoms with Crippen molar-refractivity contribution in [3.8, 4) is 11.3 Å². The number of hydrogen-bond donors (Lipinski definition) is 0. The second-order valence-corrected chi connectivity index (χ2v) is 6.78. The molecule has 1 aromatic carbocycles. The smallest absolute Gasteiger partial charge is 0.251 e. The quantitative estimate of drug-likeness (QED) is 0.849. The molecular formula is C20H24N4O2. The maximum Gasteiger partial charge on any atom is 0.251 e. The molecule has 0 unspecified atom stereocenters.